The molecule has 0 radical (unpaired) electrons. The number of aromatic nitrogens is 2. The van der Waals surface area contributed by atoms with Crippen molar-refractivity contribution in [3.05, 3.63) is 15.8 Å². The largest absolute Gasteiger partial charge is 0.469 e. The summed E-state index contributed by atoms with van der Waals surface area (Å²) in [5, 5.41) is 15.5. The van der Waals surface area contributed by atoms with Crippen LogP contribution in [0, 0.1) is 23.0 Å². The molecule has 1 aliphatic carbocycles. The second kappa shape index (κ2) is 5.78. The van der Waals surface area contributed by atoms with Crippen molar-refractivity contribution in [2.24, 2.45) is 11.7 Å². The van der Waals surface area contributed by atoms with Crippen LogP contribution in [0.2, 0.25) is 0 Å². The standard InChI is InChI=1S/C13H22N4O3/c1-8(2)16-13(12(17(18)19)9(3)15-16)20-11-6-4-5-10(11)7-14/h8,10-11H,4-7,14H2,1-3H3. The van der Waals surface area contributed by atoms with Crippen molar-refractivity contribution in [1.29, 1.82) is 0 Å². The minimum absolute atomic E-state index is 0.00938. The first kappa shape index (κ1) is 14.8. The third kappa shape index (κ3) is 2.63. The van der Waals surface area contributed by atoms with E-state index in [1.54, 1.807) is 11.6 Å². The summed E-state index contributed by atoms with van der Waals surface area (Å²) in [7, 11) is 0. The number of nitrogens with two attached hydrogens (primary N) is 1. The van der Waals surface area contributed by atoms with E-state index in [2.05, 4.69) is 5.10 Å². The van der Waals surface area contributed by atoms with Gasteiger partial charge in [-0.05, 0) is 46.6 Å². The lowest BCUT2D eigenvalue weighted by molar-refractivity contribution is -0.386. The molecule has 2 rings (SSSR count). The van der Waals surface area contributed by atoms with Crippen LogP contribution in [0.25, 0.3) is 0 Å². The molecule has 2 atom stereocenters. The molecule has 7 nitrogen and oxygen atoms in total. The molecule has 7 heteroatoms. The Kier molecular flexibility index (Phi) is 4.27. The van der Waals surface area contributed by atoms with E-state index >= 15 is 0 Å². The number of hydrogen-bond acceptors (Lipinski definition) is 5. The van der Waals surface area contributed by atoms with Crippen LogP contribution in [0.1, 0.15) is 44.8 Å². The first-order chi connectivity index (χ1) is 9.45. The Bertz CT molecular complexity index is 498. The van der Waals surface area contributed by atoms with Crippen LogP contribution in [-0.4, -0.2) is 27.4 Å². The fourth-order valence-corrected chi connectivity index (χ4v) is 2.76. The number of nitro groups is 1. The molecule has 112 valence electrons. The second-order valence-corrected chi connectivity index (χ2v) is 5.62. The molecule has 1 aromatic heterocycles. The fourth-order valence-electron chi connectivity index (χ4n) is 2.76. The Labute approximate surface area is 118 Å². The smallest absolute Gasteiger partial charge is 0.353 e. The van der Waals surface area contributed by atoms with Gasteiger partial charge in [-0.15, -0.1) is 0 Å². The number of nitrogens with zero attached hydrogens (tertiary/aromatic N) is 3. The molecule has 1 saturated carbocycles. The van der Waals surface area contributed by atoms with Gasteiger partial charge < -0.3 is 10.5 Å². The molecule has 2 N–H and O–H groups in total. The van der Waals surface area contributed by atoms with Gasteiger partial charge in [-0.3, -0.25) is 10.1 Å². The first-order valence-corrected chi connectivity index (χ1v) is 7.06. The number of hydrogen-bond donors (Lipinski definition) is 1. The molecule has 0 spiro atoms. The van der Waals surface area contributed by atoms with Crippen molar-refractivity contribution < 1.29 is 9.66 Å². The van der Waals surface area contributed by atoms with Crippen LogP contribution in [0.15, 0.2) is 0 Å². The molecule has 0 aromatic carbocycles. The quantitative estimate of drug-likeness (QED) is 0.659. The van der Waals surface area contributed by atoms with E-state index in [1.807, 2.05) is 13.8 Å². The van der Waals surface area contributed by atoms with E-state index in [0.29, 0.717) is 12.2 Å². The maximum Gasteiger partial charge on any atom is 0.353 e. The average Bonchev–Trinajstić information content (AvgIpc) is 2.94. The molecule has 0 saturated heterocycles. The highest BCUT2D eigenvalue weighted by molar-refractivity contribution is 5.46. The predicted octanol–water partition coefficient (Wildman–Crippen LogP) is 2.19. The van der Waals surface area contributed by atoms with E-state index in [4.69, 9.17) is 10.5 Å². The molecule has 0 amide bonds. The second-order valence-electron chi connectivity index (χ2n) is 5.62. The van der Waals surface area contributed by atoms with Crippen molar-refractivity contribution in [2.75, 3.05) is 6.54 Å². The zero-order valence-corrected chi connectivity index (χ0v) is 12.2. The van der Waals surface area contributed by atoms with Crippen LogP contribution in [0.5, 0.6) is 5.88 Å². The summed E-state index contributed by atoms with van der Waals surface area (Å²) in [4.78, 5) is 10.8. The third-order valence-corrected chi connectivity index (χ3v) is 3.84. The van der Waals surface area contributed by atoms with Crippen LogP contribution in [0.3, 0.4) is 0 Å². The minimum Gasteiger partial charge on any atom is -0.469 e. The first-order valence-electron chi connectivity index (χ1n) is 7.06. The van der Waals surface area contributed by atoms with Crippen LogP contribution < -0.4 is 10.5 Å². The van der Waals surface area contributed by atoms with E-state index in [1.165, 1.54) is 0 Å². The van der Waals surface area contributed by atoms with Crippen LogP contribution in [-0.2, 0) is 0 Å². The van der Waals surface area contributed by atoms with Crippen molar-refractivity contribution >= 4 is 5.69 Å². The van der Waals surface area contributed by atoms with Crippen molar-refractivity contribution in [3.8, 4) is 5.88 Å². The number of rotatable bonds is 5. The van der Waals surface area contributed by atoms with Gasteiger partial charge in [0.1, 0.15) is 11.8 Å². The van der Waals surface area contributed by atoms with Crippen LogP contribution >= 0.6 is 0 Å². The van der Waals surface area contributed by atoms with Gasteiger partial charge in [-0.1, -0.05) is 0 Å². The van der Waals surface area contributed by atoms with Gasteiger partial charge in [0.2, 0.25) is 0 Å². The Morgan fingerprint density at radius 2 is 2.25 bits per heavy atom. The maximum absolute atomic E-state index is 11.3. The summed E-state index contributed by atoms with van der Waals surface area (Å²) in [6, 6.07) is 0.00938. The van der Waals surface area contributed by atoms with Gasteiger partial charge in [0.25, 0.3) is 5.88 Å². The lowest BCUT2D eigenvalue weighted by Gasteiger charge is -2.20. The summed E-state index contributed by atoms with van der Waals surface area (Å²) in [5.41, 5.74) is 6.11. The number of aryl methyl sites for hydroxylation is 1. The minimum atomic E-state index is -0.414. The SMILES string of the molecule is Cc1nn(C(C)C)c(OC2CCCC2CN)c1[N+](=O)[O-]. The van der Waals surface area contributed by atoms with Gasteiger partial charge in [0, 0.05) is 5.92 Å². The molecule has 1 aromatic rings. The van der Waals surface area contributed by atoms with E-state index in [-0.39, 0.29) is 29.6 Å². The normalized spacial score (nSPS) is 22.4. The van der Waals surface area contributed by atoms with Gasteiger partial charge in [-0.2, -0.15) is 5.10 Å². The van der Waals surface area contributed by atoms with Crippen LogP contribution in [0.4, 0.5) is 5.69 Å². The zero-order chi connectivity index (χ0) is 14.9. The van der Waals surface area contributed by atoms with E-state index in [0.717, 1.165) is 19.3 Å². The predicted molar refractivity (Wildman–Crippen MR) is 74.8 cm³/mol. The highest BCUT2D eigenvalue weighted by Crippen LogP contribution is 2.37. The number of ether oxygens (including phenoxy) is 1. The molecule has 20 heavy (non-hydrogen) atoms. The van der Waals surface area contributed by atoms with E-state index in [9.17, 15) is 10.1 Å². The summed E-state index contributed by atoms with van der Waals surface area (Å²) in [6.45, 7) is 6.04. The summed E-state index contributed by atoms with van der Waals surface area (Å²) >= 11 is 0. The highest BCUT2D eigenvalue weighted by atomic mass is 16.6. The summed E-state index contributed by atoms with van der Waals surface area (Å²) in [5.74, 6) is 0.540. The van der Waals surface area contributed by atoms with Gasteiger partial charge in [-0.25, -0.2) is 4.68 Å². The molecule has 1 fully saturated rings. The summed E-state index contributed by atoms with van der Waals surface area (Å²) in [6.07, 6.45) is 2.91. The Morgan fingerprint density at radius 1 is 1.55 bits per heavy atom. The fraction of sp³-hybridized carbons (Fsp3) is 0.769. The van der Waals surface area contributed by atoms with Crippen molar-refractivity contribution in [1.82, 2.24) is 9.78 Å². The molecule has 0 bridgehead atoms. The molecular formula is C13H22N4O3. The van der Waals surface area contributed by atoms with Crippen molar-refractivity contribution in [2.45, 2.75) is 52.2 Å². The Balaban J connectivity index is 2.35. The molecule has 2 unspecified atom stereocenters. The molecule has 0 aliphatic heterocycles. The highest BCUT2D eigenvalue weighted by Gasteiger charge is 2.34. The van der Waals surface area contributed by atoms with Gasteiger partial charge in [0.15, 0.2) is 0 Å². The van der Waals surface area contributed by atoms with Gasteiger partial charge >= 0.3 is 5.69 Å². The zero-order valence-electron chi connectivity index (χ0n) is 12.2. The Hall–Kier alpha value is -1.63. The average molecular weight is 282 g/mol. The molecular weight excluding hydrogens is 260 g/mol. The molecule has 1 aliphatic rings. The summed E-state index contributed by atoms with van der Waals surface area (Å²) < 4.78 is 7.56. The van der Waals surface area contributed by atoms with Gasteiger partial charge in [0.05, 0.1) is 11.0 Å². The van der Waals surface area contributed by atoms with E-state index < -0.39 is 4.92 Å². The monoisotopic (exact) mass is 282 g/mol. The van der Waals surface area contributed by atoms with Crippen molar-refractivity contribution in [3.63, 3.8) is 0 Å². The Morgan fingerprint density at radius 3 is 2.80 bits per heavy atom. The third-order valence-electron chi connectivity index (χ3n) is 3.84. The lowest BCUT2D eigenvalue weighted by Crippen LogP contribution is -2.28. The maximum atomic E-state index is 11.3. The molecule has 1 heterocycles. The topological polar surface area (TPSA) is 96.2 Å². The lowest BCUT2D eigenvalue weighted by atomic mass is 10.1.